The molecule has 7 heteroatoms. The van der Waals surface area contributed by atoms with Gasteiger partial charge in [-0.3, -0.25) is 11.3 Å². The van der Waals surface area contributed by atoms with Crippen molar-refractivity contribution in [1.29, 1.82) is 0 Å². The molecular weight excluding hydrogens is 293 g/mol. The van der Waals surface area contributed by atoms with Crippen LogP contribution in [-0.2, 0) is 12.8 Å². The van der Waals surface area contributed by atoms with Gasteiger partial charge in [-0.2, -0.15) is 13.2 Å². The van der Waals surface area contributed by atoms with E-state index in [1.165, 1.54) is 0 Å². The van der Waals surface area contributed by atoms with E-state index in [2.05, 4.69) is 5.43 Å². The van der Waals surface area contributed by atoms with E-state index in [0.717, 1.165) is 23.3 Å². The molecule has 0 aromatic heterocycles. The van der Waals surface area contributed by atoms with Crippen LogP contribution in [0.15, 0.2) is 12.1 Å². The first-order valence-corrected chi connectivity index (χ1v) is 6.74. The van der Waals surface area contributed by atoms with Gasteiger partial charge in [0, 0.05) is 23.9 Å². The summed E-state index contributed by atoms with van der Waals surface area (Å²) < 4.78 is 42.3. The number of fused-ring (bicyclic) bond motifs is 1. The third-order valence-corrected chi connectivity index (χ3v) is 3.52. The fourth-order valence-electron chi connectivity index (χ4n) is 2.35. The van der Waals surface area contributed by atoms with Crippen LogP contribution >= 0.6 is 11.6 Å². The first-order chi connectivity index (χ1) is 9.39. The number of ether oxygens (including phenoxy) is 1. The molecule has 1 aromatic rings. The van der Waals surface area contributed by atoms with Gasteiger partial charge in [0.05, 0.1) is 6.61 Å². The predicted octanol–water partition coefficient (Wildman–Crippen LogP) is 2.99. The number of alkyl halides is 3. The van der Waals surface area contributed by atoms with E-state index in [1.54, 1.807) is 6.07 Å². The monoisotopic (exact) mass is 308 g/mol. The highest BCUT2D eigenvalue weighted by Crippen LogP contribution is 2.34. The number of hydrogen-bond acceptors (Lipinski definition) is 3. The molecule has 1 atom stereocenters. The minimum absolute atomic E-state index is 0.0821. The van der Waals surface area contributed by atoms with E-state index in [0.29, 0.717) is 18.1 Å². The topological polar surface area (TPSA) is 47.3 Å². The summed E-state index contributed by atoms with van der Waals surface area (Å²) in [7, 11) is 0. The Morgan fingerprint density at radius 2 is 2.15 bits per heavy atom. The normalized spacial score (nSPS) is 15.8. The molecule has 1 aliphatic rings. The molecule has 0 spiro atoms. The van der Waals surface area contributed by atoms with Gasteiger partial charge in [-0.25, -0.2) is 0 Å². The Balaban J connectivity index is 2.08. The molecule has 0 saturated carbocycles. The second-order valence-electron chi connectivity index (χ2n) is 4.87. The van der Waals surface area contributed by atoms with Gasteiger partial charge in [0.15, 0.2) is 0 Å². The summed E-state index contributed by atoms with van der Waals surface area (Å²) in [5, 5.41) is 0.566. The van der Waals surface area contributed by atoms with Crippen LogP contribution in [0.3, 0.4) is 0 Å². The summed E-state index contributed by atoms with van der Waals surface area (Å²) in [5.74, 6) is 6.08. The average molecular weight is 309 g/mol. The van der Waals surface area contributed by atoms with Crippen molar-refractivity contribution in [3.8, 4) is 5.75 Å². The van der Waals surface area contributed by atoms with Gasteiger partial charge in [-0.05, 0) is 36.1 Å². The molecule has 0 radical (unpaired) electrons. The molecule has 112 valence electrons. The fraction of sp³-hybridized carbons (Fsp3) is 0.538. The zero-order chi connectivity index (χ0) is 14.8. The number of rotatable bonds is 5. The molecule has 1 aromatic carbocycles. The van der Waals surface area contributed by atoms with E-state index in [1.807, 2.05) is 6.07 Å². The Hall–Kier alpha value is -0.980. The maximum Gasteiger partial charge on any atom is 0.389 e. The van der Waals surface area contributed by atoms with Crippen LogP contribution in [0.4, 0.5) is 13.2 Å². The number of hydrazine groups is 1. The van der Waals surface area contributed by atoms with E-state index >= 15 is 0 Å². The minimum atomic E-state index is -4.18. The molecule has 0 aliphatic carbocycles. The second-order valence-corrected chi connectivity index (χ2v) is 5.31. The first kappa shape index (κ1) is 15.4. The van der Waals surface area contributed by atoms with Crippen molar-refractivity contribution in [2.45, 2.75) is 37.9 Å². The zero-order valence-corrected chi connectivity index (χ0v) is 11.5. The van der Waals surface area contributed by atoms with Gasteiger partial charge in [0.2, 0.25) is 0 Å². The Bertz CT molecular complexity index is 479. The SMILES string of the molecule is NNC(CCC(F)(F)F)Cc1cc(Cl)cc2c1OCC2. The van der Waals surface area contributed by atoms with Gasteiger partial charge in [-0.15, -0.1) is 0 Å². The van der Waals surface area contributed by atoms with Crippen LogP contribution < -0.4 is 16.0 Å². The van der Waals surface area contributed by atoms with Crippen molar-refractivity contribution in [1.82, 2.24) is 5.43 Å². The molecule has 1 heterocycles. The molecule has 1 unspecified atom stereocenters. The van der Waals surface area contributed by atoms with E-state index in [9.17, 15) is 13.2 Å². The number of halogens is 4. The highest BCUT2D eigenvalue weighted by molar-refractivity contribution is 6.30. The van der Waals surface area contributed by atoms with Gasteiger partial charge >= 0.3 is 6.18 Å². The summed E-state index contributed by atoms with van der Waals surface area (Å²) in [6.45, 7) is 0.575. The largest absolute Gasteiger partial charge is 0.493 e. The predicted molar refractivity (Wildman–Crippen MR) is 70.8 cm³/mol. The minimum Gasteiger partial charge on any atom is -0.493 e. The lowest BCUT2D eigenvalue weighted by molar-refractivity contribution is -0.136. The van der Waals surface area contributed by atoms with Crippen LogP contribution in [-0.4, -0.2) is 18.8 Å². The lowest BCUT2D eigenvalue weighted by Crippen LogP contribution is -2.37. The van der Waals surface area contributed by atoms with Gasteiger partial charge < -0.3 is 4.74 Å². The zero-order valence-electron chi connectivity index (χ0n) is 10.8. The van der Waals surface area contributed by atoms with E-state index < -0.39 is 18.6 Å². The maximum absolute atomic E-state index is 12.3. The number of nitrogens with one attached hydrogen (secondary N) is 1. The highest BCUT2D eigenvalue weighted by Gasteiger charge is 2.29. The Morgan fingerprint density at radius 3 is 2.80 bits per heavy atom. The van der Waals surface area contributed by atoms with Crippen LogP contribution in [0.1, 0.15) is 24.0 Å². The van der Waals surface area contributed by atoms with Crippen LogP contribution in [0, 0.1) is 0 Å². The lowest BCUT2D eigenvalue weighted by atomic mass is 9.99. The number of benzene rings is 1. The second kappa shape index (κ2) is 6.20. The Kier molecular flexibility index (Phi) is 4.78. The molecule has 0 bridgehead atoms. The molecule has 20 heavy (non-hydrogen) atoms. The number of hydrogen-bond donors (Lipinski definition) is 2. The maximum atomic E-state index is 12.3. The summed E-state index contributed by atoms with van der Waals surface area (Å²) in [6.07, 6.45) is -4.00. The molecule has 0 amide bonds. The van der Waals surface area contributed by atoms with Crippen molar-refractivity contribution >= 4 is 11.6 Å². The van der Waals surface area contributed by atoms with Gasteiger partial charge in [0.1, 0.15) is 5.75 Å². The molecule has 3 N–H and O–H groups in total. The highest BCUT2D eigenvalue weighted by atomic mass is 35.5. The van der Waals surface area contributed by atoms with Crippen molar-refractivity contribution < 1.29 is 17.9 Å². The Labute approximate surface area is 120 Å². The van der Waals surface area contributed by atoms with E-state index in [-0.39, 0.29) is 6.42 Å². The van der Waals surface area contributed by atoms with Gasteiger partial charge in [-0.1, -0.05) is 11.6 Å². The average Bonchev–Trinajstić information content (AvgIpc) is 2.81. The van der Waals surface area contributed by atoms with E-state index in [4.69, 9.17) is 22.2 Å². The first-order valence-electron chi connectivity index (χ1n) is 6.36. The summed E-state index contributed by atoms with van der Waals surface area (Å²) in [6, 6.07) is 3.08. The third-order valence-electron chi connectivity index (χ3n) is 3.30. The smallest absolute Gasteiger partial charge is 0.389 e. The third kappa shape index (κ3) is 4.01. The molecule has 1 aliphatic heterocycles. The standard InChI is InChI=1S/C13H16ClF3N2O/c14-10-5-8-2-4-20-12(8)9(6-10)7-11(19-18)1-3-13(15,16)17/h5-6,11,19H,1-4,7,18H2. The molecule has 0 saturated heterocycles. The summed E-state index contributed by atoms with van der Waals surface area (Å²) in [4.78, 5) is 0. The van der Waals surface area contributed by atoms with Crippen LogP contribution in [0.2, 0.25) is 5.02 Å². The van der Waals surface area contributed by atoms with Crippen molar-refractivity contribution in [3.05, 3.63) is 28.3 Å². The molecule has 0 fully saturated rings. The fourth-order valence-corrected chi connectivity index (χ4v) is 2.61. The molecular formula is C13H16ClF3N2O. The lowest BCUT2D eigenvalue weighted by Gasteiger charge is -2.18. The van der Waals surface area contributed by atoms with Crippen molar-refractivity contribution in [2.24, 2.45) is 5.84 Å². The Morgan fingerprint density at radius 1 is 1.40 bits per heavy atom. The van der Waals surface area contributed by atoms with Crippen molar-refractivity contribution in [2.75, 3.05) is 6.61 Å². The van der Waals surface area contributed by atoms with Gasteiger partial charge in [0.25, 0.3) is 0 Å². The summed E-state index contributed by atoms with van der Waals surface area (Å²) in [5.41, 5.74) is 4.24. The summed E-state index contributed by atoms with van der Waals surface area (Å²) >= 11 is 6.02. The number of nitrogens with two attached hydrogens (primary N) is 1. The van der Waals surface area contributed by atoms with Crippen molar-refractivity contribution in [3.63, 3.8) is 0 Å². The molecule has 2 rings (SSSR count). The van der Waals surface area contributed by atoms with Crippen LogP contribution in [0.5, 0.6) is 5.75 Å². The van der Waals surface area contributed by atoms with Crippen LogP contribution in [0.25, 0.3) is 0 Å². The molecule has 3 nitrogen and oxygen atoms in total. The quantitative estimate of drug-likeness (QED) is 0.649.